The summed E-state index contributed by atoms with van der Waals surface area (Å²) in [6.45, 7) is 2.67. The maximum Gasteiger partial charge on any atom is 0.373 e. The van der Waals surface area contributed by atoms with Crippen molar-refractivity contribution in [2.24, 2.45) is 0 Å². The first kappa shape index (κ1) is 13.7. The zero-order valence-electron chi connectivity index (χ0n) is 10.7. The molecule has 0 aliphatic carbocycles. The molecule has 0 radical (unpaired) electrons. The predicted molar refractivity (Wildman–Crippen MR) is 64.9 cm³/mol. The molecule has 1 aromatic rings. The van der Waals surface area contributed by atoms with Crippen molar-refractivity contribution < 1.29 is 13.9 Å². The normalized spacial score (nSPS) is 10.8. The smallest absolute Gasteiger partial charge is 0.373 e. The number of nitrogens with zero attached hydrogens (tertiary/aromatic N) is 1. The summed E-state index contributed by atoms with van der Waals surface area (Å²) in [4.78, 5) is 13.3. The van der Waals surface area contributed by atoms with Crippen LogP contribution in [-0.4, -0.2) is 45.2 Å². The van der Waals surface area contributed by atoms with E-state index in [4.69, 9.17) is 4.42 Å². The summed E-state index contributed by atoms with van der Waals surface area (Å²) in [7, 11) is 5.31. The SMILES string of the molecule is CNCCCN(C)Cc1ccc(C(=O)OC)o1. The van der Waals surface area contributed by atoms with Gasteiger partial charge < -0.3 is 14.5 Å². The molecule has 0 unspecified atom stereocenters. The molecule has 0 saturated carbocycles. The molecule has 0 bridgehead atoms. The van der Waals surface area contributed by atoms with E-state index >= 15 is 0 Å². The Kier molecular flexibility index (Phi) is 5.72. The Morgan fingerprint density at radius 2 is 2.29 bits per heavy atom. The van der Waals surface area contributed by atoms with Crippen molar-refractivity contribution in [3.8, 4) is 0 Å². The highest BCUT2D eigenvalue weighted by molar-refractivity contribution is 5.86. The fourth-order valence-electron chi connectivity index (χ4n) is 1.54. The Hall–Kier alpha value is -1.33. The molecule has 0 spiro atoms. The first-order valence-electron chi connectivity index (χ1n) is 5.67. The van der Waals surface area contributed by atoms with Crippen LogP contribution in [0.15, 0.2) is 16.5 Å². The third-order valence-electron chi connectivity index (χ3n) is 2.44. The molecule has 17 heavy (non-hydrogen) atoms. The number of esters is 1. The minimum atomic E-state index is -0.436. The van der Waals surface area contributed by atoms with Crippen molar-refractivity contribution in [2.75, 3.05) is 34.3 Å². The van der Waals surface area contributed by atoms with Gasteiger partial charge in [-0.3, -0.25) is 4.90 Å². The van der Waals surface area contributed by atoms with Crippen molar-refractivity contribution in [3.05, 3.63) is 23.7 Å². The minimum absolute atomic E-state index is 0.256. The zero-order chi connectivity index (χ0) is 12.7. The van der Waals surface area contributed by atoms with Crippen LogP contribution in [0.1, 0.15) is 22.7 Å². The van der Waals surface area contributed by atoms with Gasteiger partial charge in [-0.15, -0.1) is 0 Å². The molecule has 1 heterocycles. The number of carbonyl (C=O) groups excluding carboxylic acids is 1. The lowest BCUT2D eigenvalue weighted by Crippen LogP contribution is -2.22. The number of hydrogen-bond acceptors (Lipinski definition) is 5. The van der Waals surface area contributed by atoms with Crippen LogP contribution >= 0.6 is 0 Å². The summed E-state index contributed by atoms with van der Waals surface area (Å²) in [5.74, 6) is 0.595. The van der Waals surface area contributed by atoms with E-state index in [1.165, 1.54) is 7.11 Å². The molecule has 0 fully saturated rings. The van der Waals surface area contributed by atoms with Gasteiger partial charge >= 0.3 is 5.97 Å². The lowest BCUT2D eigenvalue weighted by atomic mass is 10.3. The molecular weight excluding hydrogens is 220 g/mol. The number of nitrogens with one attached hydrogen (secondary N) is 1. The molecule has 0 saturated heterocycles. The molecular formula is C12H20N2O3. The van der Waals surface area contributed by atoms with E-state index in [9.17, 15) is 4.79 Å². The van der Waals surface area contributed by atoms with E-state index in [-0.39, 0.29) is 5.76 Å². The van der Waals surface area contributed by atoms with Crippen molar-refractivity contribution in [3.63, 3.8) is 0 Å². The van der Waals surface area contributed by atoms with Gasteiger partial charge in [0.25, 0.3) is 0 Å². The third kappa shape index (κ3) is 4.58. The van der Waals surface area contributed by atoms with Gasteiger partial charge in [-0.05, 0) is 45.7 Å². The second-order valence-corrected chi connectivity index (χ2v) is 3.95. The fourth-order valence-corrected chi connectivity index (χ4v) is 1.54. The number of rotatable bonds is 7. The standard InChI is InChI=1S/C12H20N2O3/c1-13-7-4-8-14(2)9-10-5-6-11(17-10)12(15)16-3/h5-6,13H,4,7-9H2,1-3H3. The van der Waals surface area contributed by atoms with Crippen LogP contribution in [0.5, 0.6) is 0 Å². The molecule has 1 rings (SSSR count). The largest absolute Gasteiger partial charge is 0.463 e. The van der Waals surface area contributed by atoms with Gasteiger partial charge in [-0.25, -0.2) is 4.79 Å². The van der Waals surface area contributed by atoms with Crippen molar-refractivity contribution in [1.82, 2.24) is 10.2 Å². The van der Waals surface area contributed by atoms with Crippen LogP contribution in [0.2, 0.25) is 0 Å². The summed E-state index contributed by atoms with van der Waals surface area (Å²) in [6, 6.07) is 3.45. The molecule has 0 aliphatic rings. The van der Waals surface area contributed by atoms with Crippen molar-refractivity contribution in [1.29, 1.82) is 0 Å². The Labute approximate surface area is 102 Å². The van der Waals surface area contributed by atoms with Gasteiger partial charge in [0.1, 0.15) is 5.76 Å². The zero-order valence-corrected chi connectivity index (χ0v) is 10.7. The van der Waals surface area contributed by atoms with Crippen molar-refractivity contribution >= 4 is 5.97 Å². The Balaban J connectivity index is 2.40. The van der Waals surface area contributed by atoms with Crippen LogP contribution in [-0.2, 0) is 11.3 Å². The van der Waals surface area contributed by atoms with E-state index in [1.54, 1.807) is 12.1 Å². The van der Waals surface area contributed by atoms with E-state index in [0.29, 0.717) is 6.54 Å². The second kappa shape index (κ2) is 7.09. The van der Waals surface area contributed by atoms with Gasteiger partial charge in [0.15, 0.2) is 0 Å². The van der Waals surface area contributed by atoms with Crippen LogP contribution in [0.25, 0.3) is 0 Å². The maximum absolute atomic E-state index is 11.2. The number of methoxy groups -OCH3 is 1. The summed E-state index contributed by atoms with van der Waals surface area (Å²) in [5.41, 5.74) is 0. The first-order chi connectivity index (χ1) is 8.17. The van der Waals surface area contributed by atoms with Gasteiger partial charge in [-0.2, -0.15) is 0 Å². The maximum atomic E-state index is 11.2. The third-order valence-corrected chi connectivity index (χ3v) is 2.44. The molecule has 0 aromatic carbocycles. The van der Waals surface area contributed by atoms with Crippen LogP contribution in [0, 0.1) is 0 Å². The van der Waals surface area contributed by atoms with Crippen LogP contribution in [0.3, 0.4) is 0 Å². The van der Waals surface area contributed by atoms with E-state index in [0.717, 1.165) is 25.3 Å². The van der Waals surface area contributed by atoms with Gasteiger partial charge in [0, 0.05) is 0 Å². The molecule has 96 valence electrons. The number of carbonyl (C=O) groups is 1. The van der Waals surface area contributed by atoms with Crippen LogP contribution in [0.4, 0.5) is 0 Å². The molecule has 1 N–H and O–H groups in total. The molecule has 5 nitrogen and oxygen atoms in total. The number of furan rings is 1. The highest BCUT2D eigenvalue weighted by Crippen LogP contribution is 2.10. The number of hydrogen-bond donors (Lipinski definition) is 1. The molecule has 0 aliphatic heterocycles. The average molecular weight is 240 g/mol. The highest BCUT2D eigenvalue weighted by atomic mass is 16.5. The van der Waals surface area contributed by atoms with E-state index in [1.807, 2.05) is 14.1 Å². The first-order valence-corrected chi connectivity index (χ1v) is 5.67. The molecule has 1 aromatic heterocycles. The molecule has 0 amide bonds. The summed E-state index contributed by atoms with van der Waals surface area (Å²) in [6.07, 6.45) is 1.08. The Morgan fingerprint density at radius 1 is 1.53 bits per heavy atom. The Bertz CT molecular complexity index is 349. The monoisotopic (exact) mass is 240 g/mol. The lowest BCUT2D eigenvalue weighted by Gasteiger charge is -2.14. The topological polar surface area (TPSA) is 54.7 Å². The van der Waals surface area contributed by atoms with Gasteiger partial charge in [-0.1, -0.05) is 0 Å². The average Bonchev–Trinajstić information content (AvgIpc) is 2.77. The number of ether oxygens (including phenoxy) is 1. The lowest BCUT2D eigenvalue weighted by molar-refractivity contribution is 0.0561. The Morgan fingerprint density at radius 3 is 2.94 bits per heavy atom. The van der Waals surface area contributed by atoms with Gasteiger partial charge in [0.05, 0.1) is 13.7 Å². The van der Waals surface area contributed by atoms with E-state index < -0.39 is 5.97 Å². The predicted octanol–water partition coefficient (Wildman–Crippen LogP) is 1.11. The minimum Gasteiger partial charge on any atom is -0.463 e. The second-order valence-electron chi connectivity index (χ2n) is 3.95. The highest BCUT2D eigenvalue weighted by Gasteiger charge is 2.11. The van der Waals surface area contributed by atoms with Gasteiger partial charge in [0.2, 0.25) is 5.76 Å². The summed E-state index contributed by atoms with van der Waals surface area (Å²) in [5, 5.41) is 3.10. The molecule has 0 atom stereocenters. The quantitative estimate of drug-likeness (QED) is 0.571. The summed E-state index contributed by atoms with van der Waals surface area (Å²) < 4.78 is 9.96. The van der Waals surface area contributed by atoms with E-state index in [2.05, 4.69) is 15.0 Å². The fraction of sp³-hybridized carbons (Fsp3) is 0.583. The van der Waals surface area contributed by atoms with Crippen LogP contribution < -0.4 is 5.32 Å². The summed E-state index contributed by atoms with van der Waals surface area (Å²) >= 11 is 0. The molecule has 5 heteroatoms. The van der Waals surface area contributed by atoms with Crippen molar-refractivity contribution in [2.45, 2.75) is 13.0 Å².